The molecule has 1 aromatic heterocycles. The Morgan fingerprint density at radius 2 is 1.97 bits per heavy atom. The predicted molar refractivity (Wildman–Crippen MR) is 116 cm³/mol. The van der Waals surface area contributed by atoms with Gasteiger partial charge in [-0.05, 0) is 61.8 Å². The first-order valence-corrected chi connectivity index (χ1v) is 10.4. The highest BCUT2D eigenvalue weighted by atomic mass is 19.1. The summed E-state index contributed by atoms with van der Waals surface area (Å²) in [5.41, 5.74) is 2.03. The van der Waals surface area contributed by atoms with Gasteiger partial charge in [0.25, 0.3) is 0 Å². The number of rotatable bonds is 7. The zero-order valence-corrected chi connectivity index (χ0v) is 17.8. The van der Waals surface area contributed by atoms with Gasteiger partial charge in [-0.25, -0.2) is 9.37 Å². The van der Waals surface area contributed by atoms with Crippen molar-refractivity contribution in [1.82, 2.24) is 14.5 Å². The first-order chi connectivity index (χ1) is 14.6. The third-order valence-electron chi connectivity index (χ3n) is 5.96. The van der Waals surface area contributed by atoms with E-state index in [2.05, 4.69) is 21.4 Å². The lowest BCUT2D eigenvalue weighted by atomic mass is 10.0. The molecule has 0 unspecified atom stereocenters. The molecule has 158 valence electrons. The van der Waals surface area contributed by atoms with Crippen LogP contribution in [0.2, 0.25) is 0 Å². The zero-order valence-electron chi connectivity index (χ0n) is 17.8. The summed E-state index contributed by atoms with van der Waals surface area (Å²) in [6.07, 6.45) is 6.08. The van der Waals surface area contributed by atoms with Crippen LogP contribution in [0.3, 0.4) is 0 Å². The Kier molecular flexibility index (Phi) is 6.04. The van der Waals surface area contributed by atoms with Crippen LogP contribution in [0.25, 0.3) is 22.5 Å². The van der Waals surface area contributed by atoms with Gasteiger partial charge in [-0.2, -0.15) is 0 Å². The molecule has 0 spiro atoms. The molecule has 6 heteroatoms. The van der Waals surface area contributed by atoms with Crippen molar-refractivity contribution in [2.75, 3.05) is 27.3 Å². The summed E-state index contributed by atoms with van der Waals surface area (Å²) < 4.78 is 28.1. The van der Waals surface area contributed by atoms with Crippen LogP contribution < -0.4 is 9.47 Å². The van der Waals surface area contributed by atoms with E-state index in [4.69, 9.17) is 9.47 Å². The Labute approximate surface area is 177 Å². The largest absolute Gasteiger partial charge is 0.497 e. The summed E-state index contributed by atoms with van der Waals surface area (Å²) in [6.45, 7) is 5.20. The van der Waals surface area contributed by atoms with Crippen molar-refractivity contribution < 1.29 is 13.9 Å². The van der Waals surface area contributed by atoms with Crippen LogP contribution in [0.15, 0.2) is 48.8 Å². The molecule has 5 nitrogen and oxygen atoms in total. The monoisotopic (exact) mass is 409 g/mol. The Morgan fingerprint density at radius 1 is 1.10 bits per heavy atom. The Hall–Kier alpha value is -2.86. The summed E-state index contributed by atoms with van der Waals surface area (Å²) in [4.78, 5) is 6.95. The summed E-state index contributed by atoms with van der Waals surface area (Å²) in [6, 6.07) is 11.2. The summed E-state index contributed by atoms with van der Waals surface area (Å²) >= 11 is 0. The molecule has 30 heavy (non-hydrogen) atoms. The maximum Gasteiger partial charge on any atom is 0.142 e. The van der Waals surface area contributed by atoms with Gasteiger partial charge in [0.2, 0.25) is 0 Å². The fourth-order valence-electron chi connectivity index (χ4n) is 4.35. The number of likely N-dealkylation sites (tertiary alicyclic amines) is 1. The molecule has 4 rings (SSSR count). The second-order valence-corrected chi connectivity index (χ2v) is 7.59. The lowest BCUT2D eigenvalue weighted by Gasteiger charge is -2.24. The van der Waals surface area contributed by atoms with Crippen molar-refractivity contribution in [2.24, 2.45) is 0 Å². The van der Waals surface area contributed by atoms with Gasteiger partial charge in [-0.3, -0.25) is 4.90 Å². The van der Waals surface area contributed by atoms with Crippen molar-refractivity contribution in [3.8, 4) is 34.0 Å². The van der Waals surface area contributed by atoms with Gasteiger partial charge in [0, 0.05) is 30.5 Å². The van der Waals surface area contributed by atoms with E-state index in [9.17, 15) is 0 Å². The lowest BCUT2D eigenvalue weighted by molar-refractivity contribution is 0.245. The molecule has 0 bridgehead atoms. The van der Waals surface area contributed by atoms with E-state index in [1.807, 2.05) is 30.5 Å². The maximum atomic E-state index is 15.2. The molecule has 0 amide bonds. The minimum atomic E-state index is -0.302. The van der Waals surface area contributed by atoms with Gasteiger partial charge in [-0.15, -0.1) is 0 Å². The van der Waals surface area contributed by atoms with Crippen molar-refractivity contribution >= 4 is 0 Å². The first-order valence-electron chi connectivity index (χ1n) is 10.4. The van der Waals surface area contributed by atoms with E-state index in [1.165, 1.54) is 12.8 Å². The molecular formula is C24H28FN3O2. The molecule has 1 aliphatic heterocycles. The number of ether oxygens (including phenoxy) is 2. The third-order valence-corrected chi connectivity index (χ3v) is 5.96. The Balaban J connectivity index is 1.65. The molecule has 0 aliphatic carbocycles. The average molecular weight is 410 g/mol. The lowest BCUT2D eigenvalue weighted by Crippen LogP contribution is -2.32. The third kappa shape index (κ3) is 3.92. The standard InChI is InChI=1S/C24H28FN3O2/c1-4-27-12-5-6-18(27)16-28-13-11-26-24(28)20-9-7-17(14-22(20)25)21-15-19(29-2)8-10-23(21)30-3/h7-11,13-15,18H,4-6,12,16H2,1-3H3/t18-/m0/s1. The van der Waals surface area contributed by atoms with E-state index in [-0.39, 0.29) is 5.82 Å². The van der Waals surface area contributed by atoms with Crippen LogP contribution in [-0.2, 0) is 6.54 Å². The van der Waals surface area contributed by atoms with E-state index in [0.717, 1.165) is 30.8 Å². The van der Waals surface area contributed by atoms with E-state index in [1.54, 1.807) is 32.5 Å². The maximum absolute atomic E-state index is 15.2. The summed E-state index contributed by atoms with van der Waals surface area (Å²) in [7, 11) is 3.22. The molecule has 2 aromatic carbocycles. The van der Waals surface area contributed by atoms with Crippen molar-refractivity contribution in [1.29, 1.82) is 0 Å². The normalized spacial score (nSPS) is 16.7. The highest BCUT2D eigenvalue weighted by Crippen LogP contribution is 2.35. The number of hydrogen-bond donors (Lipinski definition) is 0. The number of halogens is 1. The van der Waals surface area contributed by atoms with Gasteiger partial charge in [0.15, 0.2) is 0 Å². The van der Waals surface area contributed by atoms with Crippen LogP contribution in [0.5, 0.6) is 11.5 Å². The summed E-state index contributed by atoms with van der Waals surface area (Å²) in [5.74, 6) is 1.73. The number of likely N-dealkylation sites (N-methyl/N-ethyl adjacent to an activating group) is 1. The van der Waals surface area contributed by atoms with Crippen LogP contribution in [0.1, 0.15) is 19.8 Å². The van der Waals surface area contributed by atoms with Crippen molar-refractivity contribution in [2.45, 2.75) is 32.4 Å². The first kappa shape index (κ1) is 20.4. The predicted octanol–water partition coefficient (Wildman–Crippen LogP) is 4.86. The van der Waals surface area contributed by atoms with Crippen LogP contribution >= 0.6 is 0 Å². The van der Waals surface area contributed by atoms with Gasteiger partial charge in [0.1, 0.15) is 23.1 Å². The van der Waals surface area contributed by atoms with E-state index < -0.39 is 0 Å². The van der Waals surface area contributed by atoms with Crippen LogP contribution in [0, 0.1) is 5.82 Å². The second-order valence-electron chi connectivity index (χ2n) is 7.59. The number of hydrogen-bond acceptors (Lipinski definition) is 4. The number of methoxy groups -OCH3 is 2. The SMILES string of the molecule is CCN1CCC[C@H]1Cn1ccnc1-c1ccc(-c2cc(OC)ccc2OC)cc1F. The fraction of sp³-hybridized carbons (Fsp3) is 0.375. The number of imidazole rings is 1. The van der Waals surface area contributed by atoms with Crippen LogP contribution in [-0.4, -0.2) is 47.8 Å². The number of benzene rings is 2. The molecule has 1 fully saturated rings. The molecule has 0 saturated carbocycles. The fourth-order valence-corrected chi connectivity index (χ4v) is 4.35. The Morgan fingerprint density at radius 3 is 2.70 bits per heavy atom. The Bertz CT molecular complexity index is 1020. The zero-order chi connectivity index (χ0) is 21.1. The molecule has 0 radical (unpaired) electrons. The highest BCUT2D eigenvalue weighted by Gasteiger charge is 2.24. The molecule has 1 saturated heterocycles. The molecule has 1 atom stereocenters. The molecular weight excluding hydrogens is 381 g/mol. The van der Waals surface area contributed by atoms with E-state index >= 15 is 4.39 Å². The quantitative estimate of drug-likeness (QED) is 0.559. The van der Waals surface area contributed by atoms with Gasteiger partial charge in [-0.1, -0.05) is 13.0 Å². The molecule has 1 aliphatic rings. The molecule has 0 N–H and O–H groups in total. The number of aromatic nitrogens is 2. The van der Waals surface area contributed by atoms with Gasteiger partial charge in [0.05, 0.1) is 19.8 Å². The van der Waals surface area contributed by atoms with E-state index in [0.29, 0.717) is 28.9 Å². The van der Waals surface area contributed by atoms with Crippen molar-refractivity contribution in [3.05, 3.63) is 54.6 Å². The summed E-state index contributed by atoms with van der Waals surface area (Å²) in [5, 5.41) is 0. The minimum Gasteiger partial charge on any atom is -0.497 e. The van der Waals surface area contributed by atoms with Gasteiger partial charge >= 0.3 is 0 Å². The average Bonchev–Trinajstić information content (AvgIpc) is 3.42. The van der Waals surface area contributed by atoms with Crippen molar-refractivity contribution in [3.63, 3.8) is 0 Å². The molecule has 3 aromatic rings. The highest BCUT2D eigenvalue weighted by molar-refractivity contribution is 5.74. The number of nitrogens with zero attached hydrogens (tertiary/aromatic N) is 3. The second kappa shape index (κ2) is 8.88. The van der Waals surface area contributed by atoms with Crippen LogP contribution in [0.4, 0.5) is 4.39 Å². The van der Waals surface area contributed by atoms with Gasteiger partial charge < -0.3 is 14.0 Å². The smallest absolute Gasteiger partial charge is 0.142 e. The topological polar surface area (TPSA) is 39.5 Å². The molecule has 2 heterocycles. The minimum absolute atomic E-state index is 0.302.